The maximum Gasteiger partial charge on any atom is 0.233 e. The second-order valence-corrected chi connectivity index (χ2v) is 5.11. The van der Waals surface area contributed by atoms with Gasteiger partial charge in [0.2, 0.25) is 5.91 Å². The third kappa shape index (κ3) is 3.65. The van der Waals surface area contributed by atoms with Gasteiger partial charge in [0, 0.05) is 12.1 Å². The van der Waals surface area contributed by atoms with E-state index in [4.69, 9.17) is 5.73 Å². The molecule has 1 aliphatic rings. The Balaban J connectivity index is 2.26. The van der Waals surface area contributed by atoms with Gasteiger partial charge in [-0.3, -0.25) is 4.79 Å². The Hall–Kier alpha value is -0.0900. The topological polar surface area (TPSA) is 55.1 Å². The Kier molecular flexibility index (Phi) is 4.19. The molecule has 1 rings (SSSR count). The zero-order valence-electron chi connectivity index (χ0n) is 7.92. The summed E-state index contributed by atoms with van der Waals surface area (Å²) < 4.78 is 0. The lowest BCUT2D eigenvalue weighted by molar-refractivity contribution is -0.121. The molecule has 1 fully saturated rings. The van der Waals surface area contributed by atoms with Gasteiger partial charge in [-0.15, -0.1) is 0 Å². The van der Waals surface area contributed by atoms with Crippen molar-refractivity contribution in [3.63, 3.8) is 0 Å². The van der Waals surface area contributed by atoms with Crippen molar-refractivity contribution < 1.29 is 4.79 Å². The Labute approximate surface area is 87.6 Å². The summed E-state index contributed by atoms with van der Waals surface area (Å²) in [6.45, 7) is 1.84. The Morgan fingerprint density at radius 2 is 2.00 bits per heavy atom. The maximum absolute atomic E-state index is 11.3. The molecule has 0 saturated heterocycles. The van der Waals surface area contributed by atoms with Crippen LogP contribution >= 0.6 is 15.9 Å². The highest BCUT2D eigenvalue weighted by Crippen LogP contribution is 2.17. The molecule has 13 heavy (non-hydrogen) atoms. The highest BCUT2D eigenvalue weighted by molar-refractivity contribution is 9.10. The molecular formula is C9H17BrN2O. The van der Waals surface area contributed by atoms with E-state index in [9.17, 15) is 4.79 Å². The Morgan fingerprint density at radius 1 is 1.46 bits per heavy atom. The Bertz CT molecular complexity index is 176. The third-order valence-corrected chi connectivity index (χ3v) is 2.90. The lowest BCUT2D eigenvalue weighted by atomic mass is 9.92. The molecule has 0 spiro atoms. The van der Waals surface area contributed by atoms with Gasteiger partial charge in [0.1, 0.15) is 0 Å². The summed E-state index contributed by atoms with van der Waals surface area (Å²) in [4.78, 5) is 11.2. The molecule has 0 radical (unpaired) electrons. The predicted molar refractivity (Wildman–Crippen MR) is 56.8 cm³/mol. The summed E-state index contributed by atoms with van der Waals surface area (Å²) in [6, 6.07) is 0.682. The average Bonchev–Trinajstić information content (AvgIpc) is 2.08. The standard InChI is InChI=1S/C9H17BrN2O/c1-6(10)9(13)12-8-4-2-7(11)3-5-8/h6-8H,2-5,11H2,1H3,(H,12,13). The minimum Gasteiger partial charge on any atom is -0.352 e. The van der Waals surface area contributed by atoms with Gasteiger partial charge in [0.15, 0.2) is 0 Å². The highest BCUT2D eigenvalue weighted by Gasteiger charge is 2.21. The SMILES string of the molecule is CC(Br)C(=O)NC1CCC(N)CC1. The zero-order chi connectivity index (χ0) is 9.84. The van der Waals surface area contributed by atoms with Crippen molar-refractivity contribution in [1.82, 2.24) is 5.32 Å². The number of hydrogen-bond acceptors (Lipinski definition) is 2. The molecule has 0 aromatic rings. The van der Waals surface area contributed by atoms with Crippen molar-refractivity contribution in [2.24, 2.45) is 5.73 Å². The van der Waals surface area contributed by atoms with E-state index < -0.39 is 0 Å². The van der Waals surface area contributed by atoms with Crippen LogP contribution in [0.3, 0.4) is 0 Å². The van der Waals surface area contributed by atoms with E-state index in [2.05, 4.69) is 21.2 Å². The number of alkyl halides is 1. The molecule has 1 unspecified atom stereocenters. The van der Waals surface area contributed by atoms with Crippen molar-refractivity contribution in [2.75, 3.05) is 0 Å². The number of nitrogens with two attached hydrogens (primary N) is 1. The minimum atomic E-state index is -0.0944. The quantitative estimate of drug-likeness (QED) is 0.721. The van der Waals surface area contributed by atoms with Crippen LogP contribution in [0.15, 0.2) is 0 Å². The molecule has 3 N–H and O–H groups in total. The fourth-order valence-corrected chi connectivity index (χ4v) is 1.71. The molecule has 1 amide bonds. The number of carbonyl (C=O) groups excluding carboxylic acids is 1. The number of halogens is 1. The van der Waals surface area contributed by atoms with Crippen molar-refractivity contribution in [3.8, 4) is 0 Å². The summed E-state index contributed by atoms with van der Waals surface area (Å²) >= 11 is 3.24. The second-order valence-electron chi connectivity index (χ2n) is 3.74. The molecule has 1 aliphatic carbocycles. The second kappa shape index (κ2) is 4.96. The van der Waals surface area contributed by atoms with E-state index in [0.717, 1.165) is 25.7 Å². The fraction of sp³-hybridized carbons (Fsp3) is 0.889. The van der Waals surface area contributed by atoms with Crippen LogP contribution in [0.25, 0.3) is 0 Å². The van der Waals surface area contributed by atoms with Gasteiger partial charge in [-0.25, -0.2) is 0 Å². The summed E-state index contributed by atoms with van der Waals surface area (Å²) in [5.74, 6) is 0.0838. The van der Waals surface area contributed by atoms with Gasteiger partial charge < -0.3 is 11.1 Å². The van der Waals surface area contributed by atoms with Gasteiger partial charge in [0.25, 0.3) is 0 Å². The first-order chi connectivity index (χ1) is 6.09. The first-order valence-corrected chi connectivity index (χ1v) is 5.71. The van der Waals surface area contributed by atoms with Crippen LogP contribution in [-0.4, -0.2) is 22.8 Å². The van der Waals surface area contributed by atoms with E-state index in [1.54, 1.807) is 0 Å². The smallest absolute Gasteiger partial charge is 0.233 e. The van der Waals surface area contributed by atoms with Gasteiger partial charge in [0.05, 0.1) is 4.83 Å². The van der Waals surface area contributed by atoms with Crippen molar-refractivity contribution in [1.29, 1.82) is 0 Å². The van der Waals surface area contributed by atoms with Crippen LogP contribution in [0.2, 0.25) is 0 Å². The van der Waals surface area contributed by atoms with Gasteiger partial charge in [-0.2, -0.15) is 0 Å². The molecule has 0 aromatic heterocycles. The third-order valence-electron chi connectivity index (χ3n) is 2.48. The summed E-state index contributed by atoms with van der Waals surface area (Å²) in [6.07, 6.45) is 4.10. The number of amides is 1. The zero-order valence-corrected chi connectivity index (χ0v) is 9.51. The summed E-state index contributed by atoms with van der Waals surface area (Å²) in [5.41, 5.74) is 5.77. The van der Waals surface area contributed by atoms with Crippen LogP contribution in [0.5, 0.6) is 0 Å². The molecule has 76 valence electrons. The molecule has 1 atom stereocenters. The van der Waals surface area contributed by atoms with Crippen LogP contribution < -0.4 is 11.1 Å². The highest BCUT2D eigenvalue weighted by atomic mass is 79.9. The van der Waals surface area contributed by atoms with Crippen molar-refractivity contribution >= 4 is 21.8 Å². The summed E-state index contributed by atoms with van der Waals surface area (Å²) in [7, 11) is 0. The molecule has 0 aliphatic heterocycles. The van der Waals surface area contributed by atoms with Crippen LogP contribution in [0, 0.1) is 0 Å². The molecule has 1 saturated carbocycles. The fourth-order valence-electron chi connectivity index (χ4n) is 1.58. The predicted octanol–water partition coefficient (Wildman–Crippen LogP) is 1.16. The molecule has 0 heterocycles. The largest absolute Gasteiger partial charge is 0.352 e. The number of nitrogens with one attached hydrogen (secondary N) is 1. The molecule has 4 heteroatoms. The lowest BCUT2D eigenvalue weighted by Crippen LogP contribution is -2.42. The first kappa shape index (κ1) is 11.0. The molecular weight excluding hydrogens is 232 g/mol. The number of hydrogen-bond donors (Lipinski definition) is 2. The van der Waals surface area contributed by atoms with Crippen molar-refractivity contribution in [2.45, 2.75) is 49.5 Å². The van der Waals surface area contributed by atoms with Gasteiger partial charge >= 0.3 is 0 Å². The molecule has 3 nitrogen and oxygen atoms in total. The van der Waals surface area contributed by atoms with E-state index >= 15 is 0 Å². The monoisotopic (exact) mass is 248 g/mol. The normalized spacial score (nSPS) is 31.0. The number of rotatable bonds is 2. The van der Waals surface area contributed by atoms with E-state index in [1.807, 2.05) is 6.92 Å². The Morgan fingerprint density at radius 3 is 2.46 bits per heavy atom. The van der Waals surface area contributed by atoms with Crippen LogP contribution in [-0.2, 0) is 4.79 Å². The van der Waals surface area contributed by atoms with E-state index in [1.165, 1.54) is 0 Å². The number of carbonyl (C=O) groups is 1. The van der Waals surface area contributed by atoms with Crippen LogP contribution in [0.4, 0.5) is 0 Å². The first-order valence-electron chi connectivity index (χ1n) is 4.79. The van der Waals surface area contributed by atoms with E-state index in [0.29, 0.717) is 12.1 Å². The maximum atomic E-state index is 11.3. The van der Waals surface area contributed by atoms with Crippen LogP contribution in [0.1, 0.15) is 32.6 Å². The molecule has 0 bridgehead atoms. The van der Waals surface area contributed by atoms with Crippen molar-refractivity contribution in [3.05, 3.63) is 0 Å². The van der Waals surface area contributed by atoms with Gasteiger partial charge in [-0.05, 0) is 32.6 Å². The summed E-state index contributed by atoms with van der Waals surface area (Å²) in [5, 5.41) is 3.00. The van der Waals surface area contributed by atoms with E-state index in [-0.39, 0.29) is 10.7 Å². The molecule has 0 aromatic carbocycles. The average molecular weight is 249 g/mol. The van der Waals surface area contributed by atoms with Gasteiger partial charge in [-0.1, -0.05) is 15.9 Å². The lowest BCUT2D eigenvalue weighted by Gasteiger charge is -2.27. The minimum absolute atomic E-state index is 0.0838.